The van der Waals surface area contributed by atoms with Crippen molar-refractivity contribution in [1.29, 1.82) is 0 Å². The molecule has 1 aromatic heterocycles. The lowest BCUT2D eigenvalue weighted by molar-refractivity contribution is -0.139. The molecule has 0 N–H and O–H groups in total. The number of Topliss-reactive ketones (excluding diaryl/α,β-unsaturated/α-hetero) is 1. The maximum absolute atomic E-state index is 12.8. The third-order valence-electron chi connectivity index (χ3n) is 5.21. The largest absolute Gasteiger partial charge is 0.455 e. The van der Waals surface area contributed by atoms with Crippen LogP contribution in [-0.2, 0) is 27.4 Å². The lowest BCUT2D eigenvalue weighted by atomic mass is 10.1. The van der Waals surface area contributed by atoms with Gasteiger partial charge in [0.15, 0.2) is 11.7 Å². The van der Waals surface area contributed by atoms with E-state index in [0.29, 0.717) is 6.61 Å². The molecule has 0 unspecified atom stereocenters. The molecule has 0 aliphatic carbocycles. The molecule has 29 heavy (non-hydrogen) atoms. The van der Waals surface area contributed by atoms with Crippen molar-refractivity contribution < 1.29 is 23.9 Å². The molecule has 2 aliphatic rings. The van der Waals surface area contributed by atoms with E-state index >= 15 is 0 Å². The van der Waals surface area contributed by atoms with Crippen LogP contribution in [0.1, 0.15) is 39.8 Å². The van der Waals surface area contributed by atoms with Gasteiger partial charge in [0, 0.05) is 18.3 Å². The van der Waals surface area contributed by atoms with Crippen molar-refractivity contribution in [3.8, 4) is 0 Å². The summed E-state index contributed by atoms with van der Waals surface area (Å²) in [5, 5.41) is 0. The number of carbonyl (C=O) groups excluding carboxylic acids is 3. The molecular weight excluding hydrogens is 376 g/mol. The van der Waals surface area contributed by atoms with Crippen molar-refractivity contribution >= 4 is 17.7 Å². The summed E-state index contributed by atoms with van der Waals surface area (Å²) >= 11 is 0. The van der Waals surface area contributed by atoms with E-state index in [4.69, 9.17) is 9.47 Å². The fourth-order valence-electron chi connectivity index (χ4n) is 3.63. The summed E-state index contributed by atoms with van der Waals surface area (Å²) in [5.41, 5.74) is -0.102. The quantitative estimate of drug-likeness (QED) is 0.440. The normalized spacial score (nSPS) is 20.6. The van der Waals surface area contributed by atoms with Crippen LogP contribution < -0.4 is 5.43 Å². The first-order valence-electron chi connectivity index (χ1n) is 9.40. The van der Waals surface area contributed by atoms with Gasteiger partial charge in [-0.05, 0) is 18.9 Å². The van der Waals surface area contributed by atoms with Gasteiger partial charge in [-0.15, -0.1) is 0 Å². The second kappa shape index (κ2) is 7.63. The Morgan fingerprint density at radius 1 is 1.21 bits per heavy atom. The van der Waals surface area contributed by atoms with Crippen LogP contribution in [0.5, 0.6) is 0 Å². The fraction of sp³-hybridized carbons (Fsp3) is 0.333. The molecular formula is C21H20N2O6. The number of carbonyl (C=O) groups is 3. The number of fused-ring (bicyclic) bond motifs is 2. The Bertz CT molecular complexity index is 1030. The molecule has 4 rings (SSSR count). The Morgan fingerprint density at radius 2 is 1.97 bits per heavy atom. The monoisotopic (exact) mass is 396 g/mol. The van der Waals surface area contributed by atoms with E-state index in [9.17, 15) is 19.2 Å². The number of rotatable bonds is 4. The van der Waals surface area contributed by atoms with E-state index in [1.165, 1.54) is 10.8 Å². The number of amides is 1. The van der Waals surface area contributed by atoms with Gasteiger partial charge in [-0.1, -0.05) is 30.3 Å². The lowest BCUT2D eigenvalue weighted by Gasteiger charge is -2.44. The van der Waals surface area contributed by atoms with Crippen molar-refractivity contribution in [3.63, 3.8) is 0 Å². The van der Waals surface area contributed by atoms with Crippen LogP contribution in [0, 0.1) is 0 Å². The average Bonchev–Trinajstić information content (AvgIpc) is 2.72. The first-order valence-corrected chi connectivity index (χ1v) is 9.40. The molecule has 0 radical (unpaired) electrons. The van der Waals surface area contributed by atoms with Gasteiger partial charge < -0.3 is 18.9 Å². The van der Waals surface area contributed by atoms with E-state index in [0.717, 1.165) is 18.1 Å². The van der Waals surface area contributed by atoms with E-state index in [1.807, 2.05) is 13.0 Å². The van der Waals surface area contributed by atoms with E-state index in [1.54, 1.807) is 29.2 Å². The topological polar surface area (TPSA) is 94.9 Å². The SMILES string of the molecule is C[C@@H]1CCO[C@H]2Cn3cc(C(=O)C(=O)OCc4ccccc4)c(=O)cc3C(=O)N12. The maximum atomic E-state index is 12.8. The minimum Gasteiger partial charge on any atom is -0.455 e. The molecule has 0 bridgehead atoms. The van der Waals surface area contributed by atoms with Crippen LogP contribution in [0.25, 0.3) is 0 Å². The number of hydrogen-bond acceptors (Lipinski definition) is 6. The molecule has 0 spiro atoms. The van der Waals surface area contributed by atoms with Gasteiger partial charge in [0.1, 0.15) is 12.3 Å². The molecule has 1 saturated heterocycles. The number of pyridine rings is 1. The minimum absolute atomic E-state index is 0.000579. The Kier molecular flexibility index (Phi) is 5.02. The first kappa shape index (κ1) is 19.1. The molecule has 8 nitrogen and oxygen atoms in total. The van der Waals surface area contributed by atoms with Crippen molar-refractivity contribution in [2.45, 2.75) is 38.8 Å². The van der Waals surface area contributed by atoms with Crippen LogP contribution in [-0.4, -0.2) is 46.0 Å². The summed E-state index contributed by atoms with van der Waals surface area (Å²) in [6, 6.07) is 10.0. The Morgan fingerprint density at radius 3 is 2.72 bits per heavy atom. The van der Waals surface area contributed by atoms with Gasteiger partial charge in [0.25, 0.3) is 11.7 Å². The molecule has 1 amide bonds. The zero-order chi connectivity index (χ0) is 20.5. The minimum atomic E-state index is -1.11. The fourth-order valence-corrected chi connectivity index (χ4v) is 3.63. The van der Waals surface area contributed by atoms with Crippen molar-refractivity contribution in [1.82, 2.24) is 9.47 Å². The summed E-state index contributed by atoms with van der Waals surface area (Å²) < 4.78 is 12.2. The second-order valence-corrected chi connectivity index (χ2v) is 7.16. The second-order valence-electron chi connectivity index (χ2n) is 7.16. The highest BCUT2D eigenvalue weighted by Crippen LogP contribution is 2.25. The lowest BCUT2D eigenvalue weighted by Crippen LogP contribution is -2.56. The third kappa shape index (κ3) is 3.58. The number of nitrogens with zero attached hydrogens (tertiary/aromatic N) is 2. The smallest absolute Gasteiger partial charge is 0.380 e. The molecule has 3 heterocycles. The Hall–Kier alpha value is -3.26. The Balaban J connectivity index is 1.56. The van der Waals surface area contributed by atoms with Crippen molar-refractivity contribution in [2.75, 3.05) is 6.61 Å². The highest BCUT2D eigenvalue weighted by molar-refractivity contribution is 6.40. The van der Waals surface area contributed by atoms with Crippen LogP contribution in [0.3, 0.4) is 0 Å². The standard InChI is InChI=1S/C21H20N2O6/c1-13-7-8-28-18-11-22-10-15(17(24)9-16(22)20(26)23(13)18)19(25)21(27)29-12-14-5-3-2-4-6-14/h2-6,9-10,13,18H,7-8,11-12H2,1H3/t13-,18+/m1/s1. The molecule has 1 aromatic carbocycles. The molecule has 150 valence electrons. The molecule has 2 aliphatic heterocycles. The molecule has 8 heteroatoms. The van der Waals surface area contributed by atoms with Crippen LogP contribution in [0.15, 0.2) is 47.4 Å². The number of hydrogen-bond donors (Lipinski definition) is 0. The van der Waals surface area contributed by atoms with Crippen LogP contribution >= 0.6 is 0 Å². The zero-order valence-corrected chi connectivity index (χ0v) is 15.9. The number of ketones is 1. The number of aromatic nitrogens is 1. The van der Waals surface area contributed by atoms with Gasteiger partial charge in [0.05, 0.1) is 18.7 Å². The highest BCUT2D eigenvalue weighted by atomic mass is 16.5. The highest BCUT2D eigenvalue weighted by Gasteiger charge is 2.39. The third-order valence-corrected chi connectivity index (χ3v) is 5.21. The van der Waals surface area contributed by atoms with Crippen LogP contribution in [0.2, 0.25) is 0 Å². The van der Waals surface area contributed by atoms with Gasteiger partial charge in [-0.3, -0.25) is 14.4 Å². The summed E-state index contributed by atoms with van der Waals surface area (Å²) in [7, 11) is 0. The van der Waals surface area contributed by atoms with Crippen LogP contribution in [0.4, 0.5) is 0 Å². The first-order chi connectivity index (χ1) is 14.0. The zero-order valence-electron chi connectivity index (χ0n) is 15.9. The summed E-state index contributed by atoms with van der Waals surface area (Å²) in [6.45, 7) is 2.68. The number of ether oxygens (including phenoxy) is 2. The summed E-state index contributed by atoms with van der Waals surface area (Å²) in [6.07, 6.45) is 1.51. The summed E-state index contributed by atoms with van der Waals surface area (Å²) in [5.74, 6) is -2.47. The average molecular weight is 396 g/mol. The van der Waals surface area contributed by atoms with E-state index in [-0.39, 0.29) is 36.4 Å². The van der Waals surface area contributed by atoms with Gasteiger partial charge in [-0.2, -0.15) is 0 Å². The van der Waals surface area contributed by atoms with Gasteiger partial charge in [-0.25, -0.2) is 4.79 Å². The van der Waals surface area contributed by atoms with Crippen molar-refractivity contribution in [3.05, 3.63) is 69.6 Å². The van der Waals surface area contributed by atoms with Gasteiger partial charge in [0.2, 0.25) is 0 Å². The van der Waals surface area contributed by atoms with E-state index in [2.05, 4.69) is 0 Å². The molecule has 0 saturated carbocycles. The van der Waals surface area contributed by atoms with Crippen molar-refractivity contribution in [2.24, 2.45) is 0 Å². The maximum Gasteiger partial charge on any atom is 0.380 e. The molecule has 2 atom stereocenters. The van der Waals surface area contributed by atoms with E-state index < -0.39 is 23.4 Å². The summed E-state index contributed by atoms with van der Waals surface area (Å²) in [4.78, 5) is 51.5. The predicted molar refractivity (Wildman–Crippen MR) is 101 cm³/mol. The number of esters is 1. The van der Waals surface area contributed by atoms with Gasteiger partial charge >= 0.3 is 5.97 Å². The molecule has 2 aromatic rings. The Labute approximate surface area is 166 Å². The predicted octanol–water partition coefficient (Wildman–Crippen LogP) is 1.37. The molecule has 1 fully saturated rings. The number of benzene rings is 1.